The number of rotatable bonds is 7. The van der Waals surface area contributed by atoms with E-state index in [4.69, 9.17) is 0 Å². The van der Waals surface area contributed by atoms with Crippen molar-refractivity contribution in [2.45, 2.75) is 26.3 Å². The molecule has 29 heavy (non-hydrogen) atoms. The van der Waals surface area contributed by atoms with Crippen LogP contribution in [0.3, 0.4) is 0 Å². The van der Waals surface area contributed by atoms with Gasteiger partial charge in [0, 0.05) is 18.2 Å². The lowest BCUT2D eigenvalue weighted by atomic mass is 10.1. The standard InChI is InChI=1S/C18H19F2N3O5S/c1-4-16(18(24)21-15-8-6-12(19)9-14(15)20)22(29(3,27)28)17-10-13(23(25)26)7-5-11(17)2/h5-10,16H,4H2,1-3H3,(H,21,24). The molecule has 0 aromatic heterocycles. The molecule has 11 heteroatoms. The Balaban J connectivity index is 2.51. The summed E-state index contributed by atoms with van der Waals surface area (Å²) in [6, 6.07) is 4.86. The quantitative estimate of drug-likeness (QED) is 0.538. The third-order valence-corrected chi connectivity index (χ3v) is 5.33. The fourth-order valence-electron chi connectivity index (χ4n) is 2.79. The lowest BCUT2D eigenvalue weighted by molar-refractivity contribution is -0.384. The van der Waals surface area contributed by atoms with Crippen molar-refractivity contribution in [2.24, 2.45) is 0 Å². The van der Waals surface area contributed by atoms with Crippen LogP contribution in [0, 0.1) is 28.7 Å². The van der Waals surface area contributed by atoms with Crippen LogP contribution in [-0.2, 0) is 14.8 Å². The van der Waals surface area contributed by atoms with Crippen molar-refractivity contribution in [2.75, 3.05) is 15.9 Å². The average Bonchev–Trinajstić information content (AvgIpc) is 2.61. The molecule has 0 saturated heterocycles. The van der Waals surface area contributed by atoms with Crippen LogP contribution in [0.25, 0.3) is 0 Å². The van der Waals surface area contributed by atoms with Gasteiger partial charge in [-0.05, 0) is 31.0 Å². The molecular formula is C18H19F2N3O5S. The van der Waals surface area contributed by atoms with Crippen LogP contribution in [-0.4, -0.2) is 31.5 Å². The second kappa shape index (κ2) is 8.52. The third-order valence-electron chi connectivity index (χ3n) is 4.16. The summed E-state index contributed by atoms with van der Waals surface area (Å²) in [4.78, 5) is 23.2. The van der Waals surface area contributed by atoms with E-state index in [0.717, 1.165) is 28.8 Å². The Morgan fingerprint density at radius 3 is 2.41 bits per heavy atom. The van der Waals surface area contributed by atoms with Gasteiger partial charge in [0.1, 0.15) is 17.7 Å². The van der Waals surface area contributed by atoms with Crippen molar-refractivity contribution in [3.63, 3.8) is 0 Å². The number of nitro benzene ring substituents is 1. The van der Waals surface area contributed by atoms with Gasteiger partial charge in [0.2, 0.25) is 15.9 Å². The van der Waals surface area contributed by atoms with Crippen LogP contribution in [0.4, 0.5) is 25.8 Å². The number of non-ortho nitro benzene ring substituents is 1. The highest BCUT2D eigenvalue weighted by Crippen LogP contribution is 2.30. The maximum atomic E-state index is 13.9. The molecule has 1 amide bonds. The minimum absolute atomic E-state index is 0.0101. The fraction of sp³-hybridized carbons (Fsp3) is 0.278. The number of carbonyl (C=O) groups excluding carboxylic acids is 1. The lowest BCUT2D eigenvalue weighted by Gasteiger charge is -2.31. The van der Waals surface area contributed by atoms with Crippen molar-refractivity contribution in [3.8, 4) is 0 Å². The Morgan fingerprint density at radius 1 is 1.24 bits per heavy atom. The molecule has 2 aromatic carbocycles. The summed E-state index contributed by atoms with van der Waals surface area (Å²) in [7, 11) is -4.05. The Morgan fingerprint density at radius 2 is 1.90 bits per heavy atom. The summed E-state index contributed by atoms with van der Waals surface area (Å²) >= 11 is 0. The van der Waals surface area contributed by atoms with Crippen LogP contribution in [0.2, 0.25) is 0 Å². The number of anilines is 2. The van der Waals surface area contributed by atoms with Gasteiger partial charge in [-0.3, -0.25) is 19.2 Å². The number of benzene rings is 2. The number of sulfonamides is 1. The van der Waals surface area contributed by atoms with Gasteiger partial charge >= 0.3 is 0 Å². The zero-order valence-corrected chi connectivity index (χ0v) is 16.7. The summed E-state index contributed by atoms with van der Waals surface area (Å²) < 4.78 is 52.7. The third kappa shape index (κ3) is 5.05. The number of nitrogens with one attached hydrogen (secondary N) is 1. The monoisotopic (exact) mass is 427 g/mol. The first-order chi connectivity index (χ1) is 13.5. The van der Waals surface area contributed by atoms with Crippen LogP contribution in [0.1, 0.15) is 18.9 Å². The van der Waals surface area contributed by atoms with Crippen molar-refractivity contribution in [1.82, 2.24) is 0 Å². The first-order valence-corrected chi connectivity index (χ1v) is 10.3. The predicted octanol–water partition coefficient (Wildman–Crippen LogP) is 3.36. The van der Waals surface area contributed by atoms with Gasteiger partial charge in [-0.1, -0.05) is 13.0 Å². The number of hydrogen-bond donors (Lipinski definition) is 1. The maximum Gasteiger partial charge on any atom is 0.271 e. The first kappa shape index (κ1) is 22.2. The van der Waals surface area contributed by atoms with Crippen LogP contribution in [0.5, 0.6) is 0 Å². The molecule has 0 saturated carbocycles. The molecule has 0 aliphatic carbocycles. The lowest BCUT2D eigenvalue weighted by Crippen LogP contribution is -2.47. The van der Waals surface area contributed by atoms with Gasteiger partial charge in [-0.2, -0.15) is 0 Å². The van der Waals surface area contributed by atoms with Crippen LogP contribution in [0.15, 0.2) is 36.4 Å². The predicted molar refractivity (Wildman–Crippen MR) is 104 cm³/mol. The van der Waals surface area contributed by atoms with E-state index >= 15 is 0 Å². The van der Waals surface area contributed by atoms with Gasteiger partial charge < -0.3 is 5.32 Å². The van der Waals surface area contributed by atoms with E-state index in [1.54, 1.807) is 6.92 Å². The highest BCUT2D eigenvalue weighted by atomic mass is 32.2. The number of nitrogens with zero attached hydrogens (tertiary/aromatic N) is 2. The molecule has 0 bridgehead atoms. The Hall–Kier alpha value is -3.08. The second-order valence-electron chi connectivity index (χ2n) is 6.32. The van der Waals surface area contributed by atoms with E-state index in [-0.39, 0.29) is 23.5 Å². The second-order valence-corrected chi connectivity index (χ2v) is 8.18. The van der Waals surface area contributed by atoms with Crippen molar-refractivity contribution >= 4 is 33.0 Å². The molecule has 0 heterocycles. The molecule has 0 aliphatic rings. The first-order valence-electron chi connectivity index (χ1n) is 8.46. The van der Waals surface area contributed by atoms with E-state index in [1.807, 2.05) is 0 Å². The molecule has 1 unspecified atom stereocenters. The molecule has 8 nitrogen and oxygen atoms in total. The van der Waals surface area contributed by atoms with Gasteiger partial charge in [-0.15, -0.1) is 0 Å². The van der Waals surface area contributed by atoms with E-state index in [2.05, 4.69) is 5.32 Å². The molecular weight excluding hydrogens is 408 g/mol. The number of carbonyl (C=O) groups is 1. The van der Waals surface area contributed by atoms with E-state index < -0.39 is 38.5 Å². The number of amides is 1. The molecule has 2 aromatic rings. The molecule has 2 rings (SSSR count). The van der Waals surface area contributed by atoms with Crippen LogP contribution < -0.4 is 9.62 Å². The van der Waals surface area contributed by atoms with Crippen molar-refractivity contribution in [3.05, 3.63) is 63.7 Å². The number of nitro groups is 1. The number of aryl methyl sites for hydroxylation is 1. The van der Waals surface area contributed by atoms with E-state index in [0.29, 0.717) is 11.6 Å². The topological polar surface area (TPSA) is 110 Å². The Labute approximate surface area is 166 Å². The van der Waals surface area contributed by atoms with Gasteiger partial charge in [0.15, 0.2) is 0 Å². The van der Waals surface area contributed by atoms with Crippen molar-refractivity contribution in [1.29, 1.82) is 0 Å². The zero-order valence-electron chi connectivity index (χ0n) is 15.8. The largest absolute Gasteiger partial charge is 0.322 e. The Kier molecular flexibility index (Phi) is 6.52. The average molecular weight is 427 g/mol. The maximum absolute atomic E-state index is 13.9. The fourth-order valence-corrected chi connectivity index (χ4v) is 4.05. The molecule has 0 fully saturated rings. The highest BCUT2D eigenvalue weighted by Gasteiger charge is 2.33. The molecule has 0 aliphatic heterocycles. The smallest absolute Gasteiger partial charge is 0.271 e. The van der Waals surface area contributed by atoms with Gasteiger partial charge in [-0.25, -0.2) is 17.2 Å². The Bertz CT molecular complexity index is 1060. The SMILES string of the molecule is CCC(C(=O)Nc1ccc(F)cc1F)N(c1cc([N+](=O)[O-])ccc1C)S(C)(=O)=O. The van der Waals surface area contributed by atoms with Gasteiger partial charge in [0.25, 0.3) is 5.69 Å². The number of hydrogen-bond acceptors (Lipinski definition) is 5. The summed E-state index contributed by atoms with van der Waals surface area (Å²) in [6.07, 6.45) is 0.851. The highest BCUT2D eigenvalue weighted by molar-refractivity contribution is 7.92. The summed E-state index contributed by atoms with van der Waals surface area (Å²) in [5, 5.41) is 13.3. The minimum atomic E-state index is -4.05. The van der Waals surface area contributed by atoms with Crippen LogP contribution >= 0.6 is 0 Å². The molecule has 1 atom stereocenters. The molecule has 1 N–H and O–H groups in total. The molecule has 156 valence electrons. The molecule has 0 radical (unpaired) electrons. The van der Waals surface area contributed by atoms with E-state index in [1.165, 1.54) is 19.1 Å². The summed E-state index contributed by atoms with van der Waals surface area (Å²) in [6.45, 7) is 3.08. The van der Waals surface area contributed by atoms with Crippen molar-refractivity contribution < 1.29 is 26.9 Å². The van der Waals surface area contributed by atoms with E-state index in [9.17, 15) is 32.1 Å². The normalized spacial score (nSPS) is 12.3. The summed E-state index contributed by atoms with van der Waals surface area (Å²) in [5.41, 5.74) is -0.318. The van der Waals surface area contributed by atoms with Gasteiger partial charge in [0.05, 0.1) is 22.6 Å². The number of halogens is 2. The summed E-state index contributed by atoms with van der Waals surface area (Å²) in [5.74, 6) is -2.72. The zero-order chi connectivity index (χ0) is 21.9. The molecule has 0 spiro atoms. The minimum Gasteiger partial charge on any atom is -0.322 e.